The lowest BCUT2D eigenvalue weighted by molar-refractivity contribution is 0.399. The minimum Gasteiger partial charge on any atom is -0.496 e. The van der Waals surface area contributed by atoms with Crippen molar-refractivity contribution in [1.29, 1.82) is 0 Å². The predicted molar refractivity (Wildman–Crippen MR) is 95.0 cm³/mol. The summed E-state index contributed by atoms with van der Waals surface area (Å²) < 4.78 is 7.69. The SMILES string of the molecule is CCNC(Cc1cccc(Br)c1)c1cc(Br)ccc1OC. The second kappa shape index (κ2) is 7.97. The Labute approximate surface area is 143 Å². The third-order valence-corrected chi connectivity index (χ3v) is 4.33. The first-order valence-corrected chi connectivity index (χ1v) is 8.54. The molecule has 0 aliphatic rings. The Morgan fingerprint density at radius 3 is 2.52 bits per heavy atom. The molecule has 0 fully saturated rings. The summed E-state index contributed by atoms with van der Waals surface area (Å²) in [6, 6.07) is 14.8. The number of halogens is 2. The molecular formula is C17H19Br2NO. The van der Waals surface area contributed by atoms with Crippen molar-refractivity contribution in [3.8, 4) is 5.75 Å². The average molecular weight is 413 g/mol. The average Bonchev–Trinajstić information content (AvgIpc) is 2.47. The van der Waals surface area contributed by atoms with Crippen LogP contribution in [0.1, 0.15) is 24.1 Å². The highest BCUT2D eigenvalue weighted by Gasteiger charge is 2.16. The number of benzene rings is 2. The van der Waals surface area contributed by atoms with E-state index in [2.05, 4.69) is 68.4 Å². The quantitative estimate of drug-likeness (QED) is 0.711. The lowest BCUT2D eigenvalue weighted by Gasteiger charge is -2.21. The monoisotopic (exact) mass is 411 g/mol. The zero-order chi connectivity index (χ0) is 15.2. The van der Waals surface area contributed by atoms with Crippen LogP contribution in [0.25, 0.3) is 0 Å². The van der Waals surface area contributed by atoms with Gasteiger partial charge >= 0.3 is 0 Å². The molecule has 0 aliphatic carbocycles. The highest BCUT2D eigenvalue weighted by molar-refractivity contribution is 9.10. The number of ether oxygens (including phenoxy) is 1. The van der Waals surface area contributed by atoms with E-state index in [4.69, 9.17) is 4.74 Å². The van der Waals surface area contributed by atoms with E-state index in [1.807, 2.05) is 18.2 Å². The van der Waals surface area contributed by atoms with E-state index in [-0.39, 0.29) is 6.04 Å². The zero-order valence-electron chi connectivity index (χ0n) is 12.2. The van der Waals surface area contributed by atoms with Gasteiger partial charge in [0, 0.05) is 20.6 Å². The first kappa shape index (κ1) is 16.5. The van der Waals surface area contributed by atoms with Gasteiger partial charge in [-0.2, -0.15) is 0 Å². The number of methoxy groups -OCH3 is 1. The molecule has 1 unspecified atom stereocenters. The molecule has 2 rings (SSSR count). The van der Waals surface area contributed by atoms with E-state index >= 15 is 0 Å². The molecule has 112 valence electrons. The molecule has 2 aromatic carbocycles. The second-order valence-corrected chi connectivity index (χ2v) is 6.66. The van der Waals surface area contributed by atoms with Crippen LogP contribution in [0.2, 0.25) is 0 Å². The van der Waals surface area contributed by atoms with Crippen molar-refractivity contribution < 1.29 is 4.74 Å². The molecule has 0 aromatic heterocycles. The number of rotatable bonds is 6. The molecule has 2 aromatic rings. The third kappa shape index (κ3) is 4.56. The third-order valence-electron chi connectivity index (χ3n) is 3.35. The topological polar surface area (TPSA) is 21.3 Å². The Balaban J connectivity index is 2.32. The van der Waals surface area contributed by atoms with Crippen molar-refractivity contribution in [2.75, 3.05) is 13.7 Å². The van der Waals surface area contributed by atoms with Crippen molar-refractivity contribution >= 4 is 31.9 Å². The number of hydrogen-bond donors (Lipinski definition) is 1. The van der Waals surface area contributed by atoms with Crippen LogP contribution in [-0.2, 0) is 6.42 Å². The van der Waals surface area contributed by atoms with E-state index in [1.54, 1.807) is 7.11 Å². The fraction of sp³-hybridized carbons (Fsp3) is 0.294. The van der Waals surface area contributed by atoms with Crippen LogP contribution in [0.3, 0.4) is 0 Å². The van der Waals surface area contributed by atoms with Crippen LogP contribution in [0.5, 0.6) is 5.75 Å². The molecule has 21 heavy (non-hydrogen) atoms. The molecule has 0 saturated heterocycles. The van der Waals surface area contributed by atoms with Crippen LogP contribution >= 0.6 is 31.9 Å². The Hall–Kier alpha value is -0.840. The van der Waals surface area contributed by atoms with Gasteiger partial charge in [0.1, 0.15) is 5.75 Å². The Bertz CT molecular complexity index is 601. The largest absolute Gasteiger partial charge is 0.496 e. The van der Waals surface area contributed by atoms with E-state index in [0.717, 1.165) is 27.7 Å². The molecule has 0 heterocycles. The second-order valence-electron chi connectivity index (χ2n) is 4.83. The van der Waals surface area contributed by atoms with Crippen molar-refractivity contribution in [3.63, 3.8) is 0 Å². The van der Waals surface area contributed by atoms with Gasteiger partial charge in [-0.05, 0) is 48.9 Å². The lowest BCUT2D eigenvalue weighted by atomic mass is 9.98. The predicted octanol–water partition coefficient (Wildman–Crippen LogP) is 5.11. The van der Waals surface area contributed by atoms with E-state index in [0.29, 0.717) is 0 Å². The van der Waals surface area contributed by atoms with Gasteiger partial charge in [-0.1, -0.05) is 50.9 Å². The van der Waals surface area contributed by atoms with Crippen molar-refractivity contribution in [2.45, 2.75) is 19.4 Å². The summed E-state index contributed by atoms with van der Waals surface area (Å²) in [5.74, 6) is 0.916. The van der Waals surface area contributed by atoms with Crippen LogP contribution in [-0.4, -0.2) is 13.7 Å². The Morgan fingerprint density at radius 1 is 1.10 bits per heavy atom. The zero-order valence-corrected chi connectivity index (χ0v) is 15.4. The molecule has 1 atom stereocenters. The maximum atomic E-state index is 5.52. The summed E-state index contributed by atoms with van der Waals surface area (Å²) in [7, 11) is 1.72. The maximum Gasteiger partial charge on any atom is 0.123 e. The summed E-state index contributed by atoms with van der Waals surface area (Å²) in [4.78, 5) is 0. The highest BCUT2D eigenvalue weighted by Crippen LogP contribution is 2.31. The normalized spacial score (nSPS) is 12.2. The van der Waals surface area contributed by atoms with Crippen molar-refractivity contribution in [2.24, 2.45) is 0 Å². The summed E-state index contributed by atoms with van der Waals surface area (Å²) in [6.45, 7) is 3.03. The number of hydrogen-bond acceptors (Lipinski definition) is 2. The molecule has 0 saturated carbocycles. The van der Waals surface area contributed by atoms with Crippen LogP contribution in [0.15, 0.2) is 51.4 Å². The van der Waals surface area contributed by atoms with Gasteiger partial charge in [-0.15, -0.1) is 0 Å². The maximum absolute atomic E-state index is 5.52. The van der Waals surface area contributed by atoms with Gasteiger partial charge in [0.15, 0.2) is 0 Å². The molecule has 4 heteroatoms. The lowest BCUT2D eigenvalue weighted by Crippen LogP contribution is -2.23. The van der Waals surface area contributed by atoms with Gasteiger partial charge in [0.25, 0.3) is 0 Å². The number of likely N-dealkylation sites (N-methyl/N-ethyl adjacent to an activating group) is 1. The van der Waals surface area contributed by atoms with Crippen LogP contribution < -0.4 is 10.1 Å². The van der Waals surface area contributed by atoms with E-state index < -0.39 is 0 Å². The van der Waals surface area contributed by atoms with Crippen LogP contribution in [0, 0.1) is 0 Å². The van der Waals surface area contributed by atoms with Gasteiger partial charge in [0.2, 0.25) is 0 Å². The summed E-state index contributed by atoms with van der Waals surface area (Å²) in [5.41, 5.74) is 2.46. The van der Waals surface area contributed by atoms with Crippen molar-refractivity contribution in [3.05, 3.63) is 62.5 Å². The first-order valence-electron chi connectivity index (χ1n) is 6.95. The summed E-state index contributed by atoms with van der Waals surface area (Å²) in [6.07, 6.45) is 0.917. The smallest absolute Gasteiger partial charge is 0.123 e. The van der Waals surface area contributed by atoms with Gasteiger partial charge < -0.3 is 10.1 Å². The highest BCUT2D eigenvalue weighted by atomic mass is 79.9. The van der Waals surface area contributed by atoms with Gasteiger partial charge in [-0.3, -0.25) is 0 Å². The molecule has 1 N–H and O–H groups in total. The Morgan fingerprint density at radius 2 is 1.86 bits per heavy atom. The van der Waals surface area contributed by atoms with Crippen molar-refractivity contribution in [1.82, 2.24) is 5.32 Å². The van der Waals surface area contributed by atoms with Gasteiger partial charge in [0.05, 0.1) is 7.11 Å². The minimum absolute atomic E-state index is 0.219. The fourth-order valence-corrected chi connectivity index (χ4v) is 3.24. The van der Waals surface area contributed by atoms with E-state index in [1.165, 1.54) is 11.1 Å². The van der Waals surface area contributed by atoms with E-state index in [9.17, 15) is 0 Å². The van der Waals surface area contributed by atoms with Crippen LogP contribution in [0.4, 0.5) is 0 Å². The molecule has 0 aliphatic heterocycles. The summed E-state index contributed by atoms with van der Waals surface area (Å²) >= 11 is 7.09. The molecule has 0 spiro atoms. The molecule has 0 amide bonds. The molecule has 2 nitrogen and oxygen atoms in total. The Kier molecular flexibility index (Phi) is 6.27. The van der Waals surface area contributed by atoms with Gasteiger partial charge in [-0.25, -0.2) is 0 Å². The first-order chi connectivity index (χ1) is 10.1. The number of nitrogens with one attached hydrogen (secondary N) is 1. The standard InChI is InChI=1S/C17H19Br2NO/c1-3-20-16(10-12-5-4-6-13(18)9-12)15-11-14(19)7-8-17(15)21-2/h4-9,11,16,20H,3,10H2,1-2H3. The minimum atomic E-state index is 0.219. The molecule has 0 bridgehead atoms. The molecular weight excluding hydrogens is 394 g/mol. The summed E-state index contributed by atoms with van der Waals surface area (Å²) in [5, 5.41) is 3.55. The fourth-order valence-electron chi connectivity index (χ4n) is 2.42. The molecule has 0 radical (unpaired) electrons.